The molecule has 0 bridgehead atoms. The smallest absolute Gasteiger partial charge is 0.155 e. The molecule has 0 amide bonds. The number of nitrogens with one attached hydrogen (secondary N) is 1. The van der Waals surface area contributed by atoms with E-state index in [1.807, 2.05) is 10.7 Å². The molecule has 108 valence electrons. The average molecular weight is 298 g/mol. The van der Waals surface area contributed by atoms with Gasteiger partial charge in [0.15, 0.2) is 5.65 Å². The average Bonchev–Trinajstić information content (AvgIpc) is 3.13. The van der Waals surface area contributed by atoms with Gasteiger partial charge in [0.25, 0.3) is 0 Å². The van der Waals surface area contributed by atoms with E-state index in [4.69, 9.17) is 5.10 Å². The summed E-state index contributed by atoms with van der Waals surface area (Å²) in [4.78, 5) is 5.73. The van der Waals surface area contributed by atoms with E-state index in [9.17, 15) is 0 Å². The number of hydrogen-bond acceptors (Lipinski definition) is 4. The van der Waals surface area contributed by atoms with Crippen molar-refractivity contribution in [2.24, 2.45) is 0 Å². The first-order valence-corrected chi connectivity index (χ1v) is 8.31. The van der Waals surface area contributed by atoms with Crippen LogP contribution in [0.1, 0.15) is 30.0 Å². The van der Waals surface area contributed by atoms with Crippen LogP contribution in [0.5, 0.6) is 0 Å². The van der Waals surface area contributed by atoms with Crippen LogP contribution >= 0.6 is 11.3 Å². The van der Waals surface area contributed by atoms with Crippen LogP contribution in [0, 0.1) is 6.92 Å². The summed E-state index contributed by atoms with van der Waals surface area (Å²) < 4.78 is 2.03. The molecule has 1 aliphatic heterocycles. The number of nitrogens with zero attached hydrogens (tertiary/aromatic N) is 3. The van der Waals surface area contributed by atoms with Crippen molar-refractivity contribution in [2.45, 2.75) is 25.7 Å². The molecule has 0 aromatic carbocycles. The van der Waals surface area contributed by atoms with E-state index in [0.717, 1.165) is 24.4 Å². The molecule has 3 aromatic rings. The third-order valence-electron chi connectivity index (χ3n) is 4.20. The van der Waals surface area contributed by atoms with Gasteiger partial charge in [-0.1, -0.05) is 0 Å². The second-order valence-corrected chi connectivity index (χ2v) is 6.56. The topological polar surface area (TPSA) is 42.2 Å². The lowest BCUT2D eigenvalue weighted by Gasteiger charge is -2.23. The number of aromatic nitrogens is 3. The standard InChI is InChI=1S/C16H18N4S/c1-11-5-8-21-16(11)13-9-15-18-7-4-14(20(15)19-13)12-3-2-6-17-10-12/h4-5,7-9,12,17H,2-3,6,10H2,1H3. The van der Waals surface area contributed by atoms with Gasteiger partial charge in [0.2, 0.25) is 0 Å². The van der Waals surface area contributed by atoms with Crippen LogP contribution in [0.25, 0.3) is 16.2 Å². The summed E-state index contributed by atoms with van der Waals surface area (Å²) in [5, 5.41) is 10.4. The molecule has 1 saturated heterocycles. The summed E-state index contributed by atoms with van der Waals surface area (Å²) in [7, 11) is 0. The minimum atomic E-state index is 0.529. The van der Waals surface area contributed by atoms with Gasteiger partial charge in [-0.05, 0) is 49.4 Å². The third-order valence-corrected chi connectivity index (χ3v) is 5.24. The van der Waals surface area contributed by atoms with E-state index >= 15 is 0 Å². The van der Waals surface area contributed by atoms with Crippen molar-refractivity contribution in [2.75, 3.05) is 13.1 Å². The summed E-state index contributed by atoms with van der Waals surface area (Å²) >= 11 is 1.74. The van der Waals surface area contributed by atoms with Crippen molar-refractivity contribution in [3.8, 4) is 10.6 Å². The van der Waals surface area contributed by atoms with E-state index < -0.39 is 0 Å². The van der Waals surface area contributed by atoms with Gasteiger partial charge >= 0.3 is 0 Å². The lowest BCUT2D eigenvalue weighted by atomic mass is 9.96. The van der Waals surface area contributed by atoms with Crippen LogP contribution in [0.4, 0.5) is 0 Å². The van der Waals surface area contributed by atoms with Crippen molar-refractivity contribution >= 4 is 17.0 Å². The molecule has 1 atom stereocenters. The lowest BCUT2D eigenvalue weighted by molar-refractivity contribution is 0.448. The Hall–Kier alpha value is -1.72. The molecule has 0 spiro atoms. The van der Waals surface area contributed by atoms with Crippen LogP contribution in [0.15, 0.2) is 29.8 Å². The summed E-state index contributed by atoms with van der Waals surface area (Å²) in [5.41, 5.74) is 4.53. The van der Waals surface area contributed by atoms with Gasteiger partial charge in [-0.3, -0.25) is 0 Å². The lowest BCUT2D eigenvalue weighted by Crippen LogP contribution is -2.29. The molecule has 0 radical (unpaired) electrons. The highest BCUT2D eigenvalue weighted by atomic mass is 32.1. The Morgan fingerprint density at radius 3 is 3.10 bits per heavy atom. The first-order valence-electron chi connectivity index (χ1n) is 7.43. The molecule has 1 unspecified atom stereocenters. The van der Waals surface area contributed by atoms with Crippen LogP contribution in [0.2, 0.25) is 0 Å². The Labute approximate surface area is 127 Å². The summed E-state index contributed by atoms with van der Waals surface area (Å²) in [6.07, 6.45) is 4.36. The maximum Gasteiger partial charge on any atom is 0.155 e. The van der Waals surface area contributed by atoms with Crippen LogP contribution in [-0.4, -0.2) is 27.7 Å². The molecule has 0 aliphatic carbocycles. The number of thiophene rings is 1. The van der Waals surface area contributed by atoms with Gasteiger partial charge in [-0.15, -0.1) is 11.3 Å². The van der Waals surface area contributed by atoms with Gasteiger partial charge in [0.1, 0.15) is 5.69 Å². The Morgan fingerprint density at radius 1 is 1.38 bits per heavy atom. The van der Waals surface area contributed by atoms with Crippen molar-refractivity contribution in [1.82, 2.24) is 19.9 Å². The Bertz CT molecular complexity index is 768. The molecular weight excluding hydrogens is 280 g/mol. The van der Waals surface area contributed by atoms with E-state index in [1.165, 1.54) is 29.0 Å². The fraction of sp³-hybridized carbons (Fsp3) is 0.375. The molecule has 1 N–H and O–H groups in total. The highest BCUT2D eigenvalue weighted by molar-refractivity contribution is 7.13. The van der Waals surface area contributed by atoms with Gasteiger partial charge in [-0.25, -0.2) is 9.50 Å². The van der Waals surface area contributed by atoms with E-state index in [0.29, 0.717) is 5.92 Å². The fourth-order valence-electron chi connectivity index (χ4n) is 3.07. The summed E-state index contributed by atoms with van der Waals surface area (Å²) in [5.74, 6) is 0.529. The molecular formula is C16H18N4S. The van der Waals surface area contributed by atoms with Gasteiger partial charge in [0, 0.05) is 24.7 Å². The van der Waals surface area contributed by atoms with Crippen LogP contribution in [-0.2, 0) is 0 Å². The molecule has 5 heteroatoms. The minimum absolute atomic E-state index is 0.529. The quantitative estimate of drug-likeness (QED) is 0.790. The summed E-state index contributed by atoms with van der Waals surface area (Å²) in [6.45, 7) is 4.30. The van der Waals surface area contributed by atoms with E-state index in [2.05, 4.69) is 40.8 Å². The number of rotatable bonds is 2. The van der Waals surface area contributed by atoms with Gasteiger partial charge < -0.3 is 5.32 Å². The van der Waals surface area contributed by atoms with Crippen LogP contribution < -0.4 is 5.32 Å². The van der Waals surface area contributed by atoms with E-state index in [-0.39, 0.29) is 0 Å². The molecule has 4 rings (SSSR count). The number of aryl methyl sites for hydroxylation is 1. The number of hydrogen-bond donors (Lipinski definition) is 1. The zero-order chi connectivity index (χ0) is 14.2. The van der Waals surface area contributed by atoms with Gasteiger partial charge in [0.05, 0.1) is 10.6 Å². The molecule has 1 aliphatic rings. The highest BCUT2D eigenvalue weighted by Crippen LogP contribution is 2.30. The Morgan fingerprint density at radius 2 is 2.33 bits per heavy atom. The molecule has 0 saturated carbocycles. The van der Waals surface area contributed by atoms with Crippen LogP contribution in [0.3, 0.4) is 0 Å². The largest absolute Gasteiger partial charge is 0.316 e. The SMILES string of the molecule is Cc1ccsc1-c1cc2nccc(C3CCCNC3)n2n1. The number of fused-ring (bicyclic) bond motifs is 1. The molecule has 3 aromatic heterocycles. The van der Waals surface area contributed by atoms with Crippen molar-refractivity contribution in [1.29, 1.82) is 0 Å². The first kappa shape index (κ1) is 13.0. The normalized spacial score (nSPS) is 19.2. The van der Waals surface area contributed by atoms with Crippen molar-refractivity contribution in [3.05, 3.63) is 41.0 Å². The molecule has 1 fully saturated rings. The van der Waals surface area contributed by atoms with Crippen molar-refractivity contribution < 1.29 is 0 Å². The monoisotopic (exact) mass is 298 g/mol. The molecule has 4 heterocycles. The second kappa shape index (κ2) is 5.24. The number of piperidine rings is 1. The second-order valence-electron chi connectivity index (χ2n) is 5.65. The maximum absolute atomic E-state index is 4.83. The minimum Gasteiger partial charge on any atom is -0.316 e. The zero-order valence-corrected chi connectivity index (χ0v) is 12.9. The third kappa shape index (κ3) is 2.26. The van der Waals surface area contributed by atoms with Crippen molar-refractivity contribution in [3.63, 3.8) is 0 Å². The van der Waals surface area contributed by atoms with E-state index in [1.54, 1.807) is 11.3 Å². The fourth-order valence-corrected chi connectivity index (χ4v) is 3.96. The molecule has 21 heavy (non-hydrogen) atoms. The predicted molar refractivity (Wildman–Crippen MR) is 85.9 cm³/mol. The first-order chi connectivity index (χ1) is 10.3. The Kier molecular flexibility index (Phi) is 3.24. The van der Waals surface area contributed by atoms with Gasteiger partial charge in [-0.2, -0.15) is 5.10 Å². The molecule has 4 nitrogen and oxygen atoms in total. The Balaban J connectivity index is 1.82. The summed E-state index contributed by atoms with van der Waals surface area (Å²) in [6, 6.07) is 6.35. The zero-order valence-electron chi connectivity index (χ0n) is 12.0. The maximum atomic E-state index is 4.83. The predicted octanol–water partition coefficient (Wildman–Crippen LogP) is 3.23. The highest BCUT2D eigenvalue weighted by Gasteiger charge is 2.19.